The first-order valence-electron chi connectivity index (χ1n) is 6.70. The summed E-state index contributed by atoms with van der Waals surface area (Å²) >= 11 is 3.45. The fraction of sp³-hybridized carbons (Fsp3) is 0.400. The van der Waals surface area contributed by atoms with Crippen LogP contribution in [0, 0.1) is 0 Å². The van der Waals surface area contributed by atoms with E-state index in [-0.39, 0.29) is 0 Å². The van der Waals surface area contributed by atoms with Crippen LogP contribution in [0.4, 0.5) is 5.69 Å². The van der Waals surface area contributed by atoms with Crippen LogP contribution < -0.4 is 4.90 Å². The van der Waals surface area contributed by atoms with Gasteiger partial charge in [-0.1, -0.05) is 12.1 Å². The number of hydrogen-bond acceptors (Lipinski definition) is 4. The number of nitrogens with zero attached hydrogens (tertiary/aromatic N) is 3. The summed E-state index contributed by atoms with van der Waals surface area (Å²) in [5.74, 6) is 0. The molecule has 1 aromatic heterocycles. The van der Waals surface area contributed by atoms with Crippen molar-refractivity contribution in [3.8, 4) is 0 Å². The number of ether oxygens (including phenoxy) is 1. The maximum absolute atomic E-state index is 10.6. The van der Waals surface area contributed by atoms with E-state index in [0.29, 0.717) is 13.2 Å². The summed E-state index contributed by atoms with van der Waals surface area (Å²) in [6.07, 6.45) is 0.970. The molecule has 0 radical (unpaired) electrons. The summed E-state index contributed by atoms with van der Waals surface area (Å²) < 4.78 is 7.63. The Labute approximate surface area is 133 Å². The number of methoxy groups -OCH3 is 1. The molecule has 0 saturated heterocycles. The predicted octanol–water partition coefficient (Wildman–Crippen LogP) is 2.44. The number of benzene rings is 1. The van der Waals surface area contributed by atoms with Gasteiger partial charge in [-0.15, -0.1) is 0 Å². The van der Waals surface area contributed by atoms with Crippen molar-refractivity contribution in [1.29, 1.82) is 0 Å². The second-order valence-corrected chi connectivity index (χ2v) is 5.84. The van der Waals surface area contributed by atoms with Crippen molar-refractivity contribution >= 4 is 21.6 Å². The van der Waals surface area contributed by atoms with E-state index in [1.54, 1.807) is 18.0 Å². The van der Waals surface area contributed by atoms with Gasteiger partial charge < -0.3 is 14.7 Å². The van der Waals surface area contributed by atoms with Crippen LogP contribution in [0.15, 0.2) is 34.9 Å². The van der Waals surface area contributed by atoms with Gasteiger partial charge in [0.25, 0.3) is 0 Å². The van der Waals surface area contributed by atoms with Gasteiger partial charge in [-0.3, -0.25) is 4.68 Å². The minimum Gasteiger partial charge on any atom is -0.383 e. The third-order valence-electron chi connectivity index (χ3n) is 3.32. The van der Waals surface area contributed by atoms with E-state index in [1.165, 1.54) is 0 Å². The highest BCUT2D eigenvalue weighted by molar-refractivity contribution is 9.10. The van der Waals surface area contributed by atoms with Crippen LogP contribution in [0.3, 0.4) is 0 Å². The van der Waals surface area contributed by atoms with E-state index in [0.717, 1.165) is 21.4 Å². The lowest BCUT2D eigenvalue weighted by Crippen LogP contribution is -2.14. The summed E-state index contributed by atoms with van der Waals surface area (Å²) in [5, 5.41) is 14.9. The molecule has 2 rings (SSSR count). The van der Waals surface area contributed by atoms with Crippen LogP contribution in [-0.4, -0.2) is 42.7 Å². The molecule has 0 bridgehead atoms. The van der Waals surface area contributed by atoms with Gasteiger partial charge in [0.15, 0.2) is 0 Å². The fourth-order valence-electron chi connectivity index (χ4n) is 2.11. The van der Waals surface area contributed by atoms with Crippen molar-refractivity contribution < 1.29 is 9.84 Å². The van der Waals surface area contributed by atoms with Gasteiger partial charge in [0.1, 0.15) is 6.10 Å². The second-order valence-electron chi connectivity index (χ2n) is 4.98. The van der Waals surface area contributed by atoms with E-state index in [9.17, 15) is 5.11 Å². The molecule has 0 saturated carbocycles. The van der Waals surface area contributed by atoms with Gasteiger partial charge in [-0.2, -0.15) is 5.10 Å². The number of aromatic nitrogens is 2. The van der Waals surface area contributed by atoms with Crippen LogP contribution in [0.1, 0.15) is 17.4 Å². The molecule has 114 valence electrons. The van der Waals surface area contributed by atoms with Crippen LogP contribution in [0.5, 0.6) is 0 Å². The second kappa shape index (κ2) is 7.06. The Hall–Kier alpha value is -1.37. The highest BCUT2D eigenvalue weighted by Gasteiger charge is 2.19. The minimum atomic E-state index is -0.727. The van der Waals surface area contributed by atoms with Crippen LogP contribution in [-0.2, 0) is 11.3 Å². The molecule has 1 N–H and O–H groups in total. The summed E-state index contributed by atoms with van der Waals surface area (Å²) in [6, 6.07) is 7.84. The van der Waals surface area contributed by atoms with Crippen LogP contribution in [0.25, 0.3) is 0 Å². The number of halogens is 1. The summed E-state index contributed by atoms with van der Waals surface area (Å²) in [7, 11) is 5.62. The van der Waals surface area contributed by atoms with Crippen molar-refractivity contribution in [2.45, 2.75) is 12.6 Å². The predicted molar refractivity (Wildman–Crippen MR) is 86.6 cm³/mol. The molecule has 0 fully saturated rings. The average molecular weight is 354 g/mol. The zero-order valence-electron chi connectivity index (χ0n) is 12.5. The zero-order chi connectivity index (χ0) is 15.4. The van der Waals surface area contributed by atoms with Gasteiger partial charge >= 0.3 is 0 Å². The first kappa shape index (κ1) is 16.0. The van der Waals surface area contributed by atoms with Gasteiger partial charge in [0.05, 0.1) is 29.5 Å². The Kier molecular flexibility index (Phi) is 5.39. The van der Waals surface area contributed by atoms with Crippen molar-refractivity contribution in [2.75, 3.05) is 32.7 Å². The van der Waals surface area contributed by atoms with Crippen molar-refractivity contribution in [1.82, 2.24) is 9.78 Å². The van der Waals surface area contributed by atoms with Gasteiger partial charge in [0, 0.05) is 26.9 Å². The van der Waals surface area contributed by atoms with E-state index in [1.807, 2.05) is 43.3 Å². The van der Waals surface area contributed by atoms with E-state index >= 15 is 0 Å². The normalized spacial score (nSPS) is 12.4. The molecule has 0 aliphatic carbocycles. The Morgan fingerprint density at radius 2 is 2.00 bits per heavy atom. The summed E-state index contributed by atoms with van der Waals surface area (Å²) in [5.41, 5.74) is 2.67. The minimum absolute atomic E-state index is 0.549. The number of anilines is 1. The van der Waals surface area contributed by atoms with Gasteiger partial charge in [0.2, 0.25) is 0 Å². The first-order valence-corrected chi connectivity index (χ1v) is 7.49. The Balaban J connectivity index is 2.26. The van der Waals surface area contributed by atoms with E-state index in [2.05, 4.69) is 21.0 Å². The largest absolute Gasteiger partial charge is 0.383 e. The van der Waals surface area contributed by atoms with Crippen LogP contribution >= 0.6 is 15.9 Å². The molecular weight excluding hydrogens is 334 g/mol. The third kappa shape index (κ3) is 3.64. The summed E-state index contributed by atoms with van der Waals surface area (Å²) in [6.45, 7) is 1.15. The lowest BCUT2D eigenvalue weighted by atomic mass is 10.1. The lowest BCUT2D eigenvalue weighted by molar-refractivity contribution is 0.171. The van der Waals surface area contributed by atoms with E-state index in [4.69, 9.17) is 4.74 Å². The number of rotatable bonds is 6. The zero-order valence-corrected chi connectivity index (χ0v) is 14.0. The highest BCUT2D eigenvalue weighted by Crippen LogP contribution is 2.29. The van der Waals surface area contributed by atoms with Gasteiger partial charge in [-0.25, -0.2) is 0 Å². The SMILES string of the molecule is COCCn1ncc(Br)c1C(O)c1ccc(N(C)C)cc1. The average Bonchev–Trinajstić information content (AvgIpc) is 2.85. The molecule has 1 unspecified atom stereocenters. The molecule has 0 amide bonds. The molecule has 6 heteroatoms. The topological polar surface area (TPSA) is 50.5 Å². The van der Waals surface area contributed by atoms with Crippen molar-refractivity contribution in [2.24, 2.45) is 0 Å². The quantitative estimate of drug-likeness (QED) is 0.866. The lowest BCUT2D eigenvalue weighted by Gasteiger charge is -2.17. The smallest absolute Gasteiger partial charge is 0.122 e. The van der Waals surface area contributed by atoms with Gasteiger partial charge in [-0.05, 0) is 33.6 Å². The molecule has 1 aromatic carbocycles. The Morgan fingerprint density at radius 1 is 1.33 bits per heavy atom. The fourth-order valence-corrected chi connectivity index (χ4v) is 2.63. The molecule has 1 atom stereocenters. The molecule has 2 aromatic rings. The number of aliphatic hydroxyl groups is 1. The maximum atomic E-state index is 10.6. The number of aliphatic hydroxyl groups excluding tert-OH is 1. The van der Waals surface area contributed by atoms with Crippen molar-refractivity contribution in [3.05, 3.63) is 46.2 Å². The third-order valence-corrected chi connectivity index (χ3v) is 3.94. The monoisotopic (exact) mass is 353 g/mol. The standard InChI is InChI=1S/C15H20BrN3O2/c1-18(2)12-6-4-11(5-7-12)15(20)14-13(16)10-17-19(14)8-9-21-3/h4-7,10,15,20H,8-9H2,1-3H3. The molecule has 0 aliphatic rings. The van der Waals surface area contributed by atoms with Crippen LogP contribution in [0.2, 0.25) is 0 Å². The summed E-state index contributed by atoms with van der Waals surface area (Å²) in [4.78, 5) is 2.02. The molecule has 5 nitrogen and oxygen atoms in total. The Bertz CT molecular complexity index is 581. The maximum Gasteiger partial charge on any atom is 0.122 e. The first-order chi connectivity index (χ1) is 10.0. The molecule has 1 heterocycles. The molecule has 0 aliphatic heterocycles. The highest BCUT2D eigenvalue weighted by atomic mass is 79.9. The number of hydrogen-bond donors (Lipinski definition) is 1. The molecule has 21 heavy (non-hydrogen) atoms. The van der Waals surface area contributed by atoms with E-state index < -0.39 is 6.10 Å². The molecule has 0 spiro atoms. The Morgan fingerprint density at radius 3 is 2.57 bits per heavy atom. The molecular formula is C15H20BrN3O2. The van der Waals surface area contributed by atoms with Crippen molar-refractivity contribution in [3.63, 3.8) is 0 Å².